The number of nitrogens with one attached hydrogen (secondary N) is 1. The van der Waals surface area contributed by atoms with Crippen molar-refractivity contribution in [3.8, 4) is 5.69 Å². The van der Waals surface area contributed by atoms with Crippen molar-refractivity contribution >= 4 is 11.7 Å². The van der Waals surface area contributed by atoms with E-state index in [1.165, 1.54) is 0 Å². The number of hydrogen-bond acceptors (Lipinski definition) is 3. The maximum Gasteiger partial charge on any atom is 0.322 e. The highest BCUT2D eigenvalue weighted by molar-refractivity contribution is 5.91. The van der Waals surface area contributed by atoms with Crippen molar-refractivity contribution < 1.29 is 9.53 Å². The molecular formula is C15H18N4O2. The number of para-hydroxylation sites is 2. The van der Waals surface area contributed by atoms with Crippen LogP contribution in [0.25, 0.3) is 5.69 Å². The van der Waals surface area contributed by atoms with Crippen molar-refractivity contribution in [1.82, 2.24) is 14.7 Å². The van der Waals surface area contributed by atoms with Gasteiger partial charge in [0.25, 0.3) is 0 Å². The van der Waals surface area contributed by atoms with E-state index in [1.54, 1.807) is 15.8 Å². The number of hydrogen-bond donors (Lipinski definition) is 1. The predicted molar refractivity (Wildman–Crippen MR) is 79.6 cm³/mol. The van der Waals surface area contributed by atoms with Crippen molar-refractivity contribution in [3.05, 3.63) is 42.7 Å². The Bertz CT molecular complexity index is 612. The maximum atomic E-state index is 12.4. The van der Waals surface area contributed by atoms with Gasteiger partial charge >= 0.3 is 6.03 Å². The van der Waals surface area contributed by atoms with Crippen LogP contribution in [-0.4, -0.2) is 46.5 Å². The molecule has 0 bridgehead atoms. The number of benzene rings is 1. The normalized spacial score (nSPS) is 18.5. The third kappa shape index (κ3) is 3.05. The lowest BCUT2D eigenvalue weighted by Gasteiger charge is -2.31. The van der Waals surface area contributed by atoms with Crippen LogP contribution in [-0.2, 0) is 4.74 Å². The standard InChI is InChI=1S/C15H18N4O2/c1-12-11-18(9-10-21-12)15(20)17-13-5-2-3-6-14(13)19-8-4-7-16-19/h2-8,12H,9-11H2,1H3,(H,17,20). The van der Waals surface area contributed by atoms with Crippen molar-refractivity contribution in [2.24, 2.45) is 0 Å². The Morgan fingerprint density at radius 2 is 2.24 bits per heavy atom. The lowest BCUT2D eigenvalue weighted by Crippen LogP contribution is -2.46. The summed E-state index contributed by atoms with van der Waals surface area (Å²) in [6.07, 6.45) is 3.63. The van der Waals surface area contributed by atoms with Gasteiger partial charge in [0, 0.05) is 25.5 Å². The quantitative estimate of drug-likeness (QED) is 0.920. The van der Waals surface area contributed by atoms with Gasteiger partial charge in [0.05, 0.1) is 24.1 Å². The van der Waals surface area contributed by atoms with Crippen molar-refractivity contribution in [2.75, 3.05) is 25.0 Å². The second kappa shape index (κ2) is 5.97. The van der Waals surface area contributed by atoms with Crippen LogP contribution >= 0.6 is 0 Å². The van der Waals surface area contributed by atoms with Gasteiger partial charge in [-0.1, -0.05) is 12.1 Å². The van der Waals surface area contributed by atoms with E-state index in [2.05, 4.69) is 10.4 Å². The molecule has 0 saturated carbocycles. The second-order valence-corrected chi connectivity index (χ2v) is 5.03. The van der Waals surface area contributed by atoms with Crippen LogP contribution in [0.2, 0.25) is 0 Å². The van der Waals surface area contributed by atoms with Crippen LogP contribution in [0.15, 0.2) is 42.7 Å². The van der Waals surface area contributed by atoms with E-state index < -0.39 is 0 Å². The Morgan fingerprint density at radius 3 is 3.00 bits per heavy atom. The summed E-state index contributed by atoms with van der Waals surface area (Å²) in [6.45, 7) is 3.77. The molecule has 6 nitrogen and oxygen atoms in total. The van der Waals surface area contributed by atoms with Crippen LogP contribution in [0.3, 0.4) is 0 Å². The van der Waals surface area contributed by atoms with E-state index >= 15 is 0 Å². The number of amides is 2. The van der Waals surface area contributed by atoms with Gasteiger partial charge in [-0.15, -0.1) is 0 Å². The zero-order valence-electron chi connectivity index (χ0n) is 11.9. The minimum atomic E-state index is -0.107. The van der Waals surface area contributed by atoms with E-state index in [0.717, 1.165) is 11.4 Å². The Kier molecular flexibility index (Phi) is 3.87. The summed E-state index contributed by atoms with van der Waals surface area (Å²) in [5.41, 5.74) is 1.59. The summed E-state index contributed by atoms with van der Waals surface area (Å²) < 4.78 is 7.19. The minimum absolute atomic E-state index is 0.0749. The number of ether oxygens (including phenoxy) is 1. The fourth-order valence-corrected chi connectivity index (χ4v) is 2.39. The topological polar surface area (TPSA) is 59.4 Å². The Hall–Kier alpha value is -2.34. The predicted octanol–water partition coefficient (Wildman–Crippen LogP) is 2.12. The summed E-state index contributed by atoms with van der Waals surface area (Å²) >= 11 is 0. The molecule has 1 fully saturated rings. The van der Waals surface area contributed by atoms with Crippen molar-refractivity contribution in [1.29, 1.82) is 0 Å². The van der Waals surface area contributed by atoms with E-state index in [4.69, 9.17) is 4.74 Å². The zero-order valence-corrected chi connectivity index (χ0v) is 11.9. The third-order valence-corrected chi connectivity index (χ3v) is 3.43. The fraction of sp³-hybridized carbons (Fsp3) is 0.333. The van der Waals surface area contributed by atoms with E-state index in [1.807, 2.05) is 43.5 Å². The smallest absolute Gasteiger partial charge is 0.322 e. The molecule has 1 unspecified atom stereocenters. The summed E-state index contributed by atoms with van der Waals surface area (Å²) in [5.74, 6) is 0. The highest BCUT2D eigenvalue weighted by Crippen LogP contribution is 2.19. The van der Waals surface area contributed by atoms with Gasteiger partial charge in [0.2, 0.25) is 0 Å². The Morgan fingerprint density at radius 1 is 1.38 bits per heavy atom. The third-order valence-electron chi connectivity index (χ3n) is 3.43. The molecule has 110 valence electrons. The highest BCUT2D eigenvalue weighted by Gasteiger charge is 2.22. The van der Waals surface area contributed by atoms with Crippen LogP contribution in [0.5, 0.6) is 0 Å². The number of carbonyl (C=O) groups excluding carboxylic acids is 1. The monoisotopic (exact) mass is 286 g/mol. The molecule has 1 atom stereocenters. The molecule has 21 heavy (non-hydrogen) atoms. The molecule has 1 N–H and O–H groups in total. The van der Waals surface area contributed by atoms with Gasteiger partial charge in [0.15, 0.2) is 0 Å². The van der Waals surface area contributed by atoms with Gasteiger partial charge in [0.1, 0.15) is 0 Å². The number of anilines is 1. The first-order valence-electron chi connectivity index (χ1n) is 7.00. The zero-order chi connectivity index (χ0) is 14.7. The average Bonchev–Trinajstić information content (AvgIpc) is 3.02. The Balaban J connectivity index is 1.77. The van der Waals surface area contributed by atoms with E-state index in [-0.39, 0.29) is 12.1 Å². The first-order chi connectivity index (χ1) is 10.2. The molecular weight excluding hydrogens is 268 g/mol. The number of carbonyl (C=O) groups is 1. The molecule has 1 aliphatic rings. The van der Waals surface area contributed by atoms with Crippen LogP contribution in [0, 0.1) is 0 Å². The molecule has 0 spiro atoms. The SMILES string of the molecule is CC1CN(C(=O)Nc2ccccc2-n2cccn2)CCO1. The first-order valence-corrected chi connectivity index (χ1v) is 7.00. The molecule has 0 radical (unpaired) electrons. The second-order valence-electron chi connectivity index (χ2n) is 5.03. The van der Waals surface area contributed by atoms with E-state index in [9.17, 15) is 4.79 Å². The van der Waals surface area contributed by atoms with Crippen LogP contribution in [0.4, 0.5) is 10.5 Å². The summed E-state index contributed by atoms with van der Waals surface area (Å²) in [5, 5.41) is 7.17. The summed E-state index contributed by atoms with van der Waals surface area (Å²) in [6, 6.07) is 9.35. The van der Waals surface area contributed by atoms with Crippen LogP contribution in [0.1, 0.15) is 6.92 Å². The number of rotatable bonds is 2. The largest absolute Gasteiger partial charge is 0.375 e. The van der Waals surface area contributed by atoms with Gasteiger partial charge in [-0.2, -0.15) is 5.10 Å². The lowest BCUT2D eigenvalue weighted by atomic mass is 10.2. The molecule has 2 amide bonds. The molecule has 2 aromatic rings. The molecule has 2 heterocycles. The number of nitrogens with zero attached hydrogens (tertiary/aromatic N) is 3. The van der Waals surface area contributed by atoms with Gasteiger partial charge in [-0.05, 0) is 25.1 Å². The Labute approximate surface area is 123 Å². The molecule has 1 aliphatic heterocycles. The average molecular weight is 286 g/mol. The molecule has 1 aromatic heterocycles. The molecule has 6 heteroatoms. The summed E-state index contributed by atoms with van der Waals surface area (Å²) in [7, 11) is 0. The van der Waals surface area contributed by atoms with Crippen molar-refractivity contribution in [2.45, 2.75) is 13.0 Å². The van der Waals surface area contributed by atoms with Crippen molar-refractivity contribution in [3.63, 3.8) is 0 Å². The number of aromatic nitrogens is 2. The van der Waals surface area contributed by atoms with Gasteiger partial charge in [-0.25, -0.2) is 9.48 Å². The molecule has 3 rings (SSSR count). The summed E-state index contributed by atoms with van der Waals surface area (Å²) in [4.78, 5) is 14.1. The molecule has 1 aromatic carbocycles. The van der Waals surface area contributed by atoms with Crippen LogP contribution < -0.4 is 5.32 Å². The number of morpholine rings is 1. The molecule has 1 saturated heterocycles. The van der Waals surface area contributed by atoms with Gasteiger partial charge < -0.3 is 15.0 Å². The fourth-order valence-electron chi connectivity index (χ4n) is 2.39. The van der Waals surface area contributed by atoms with Gasteiger partial charge in [-0.3, -0.25) is 0 Å². The van der Waals surface area contributed by atoms with E-state index in [0.29, 0.717) is 19.7 Å². The minimum Gasteiger partial charge on any atom is -0.375 e. The molecule has 0 aliphatic carbocycles. The highest BCUT2D eigenvalue weighted by atomic mass is 16.5. The maximum absolute atomic E-state index is 12.4. The lowest BCUT2D eigenvalue weighted by molar-refractivity contribution is -0.00138. The number of urea groups is 1. The first kappa shape index (κ1) is 13.6.